The maximum atomic E-state index is 13.8. The normalized spacial score (nSPS) is 20.3. The molecule has 1 saturated heterocycles. The van der Waals surface area contributed by atoms with Crippen molar-refractivity contribution in [2.24, 2.45) is 11.8 Å². The van der Waals surface area contributed by atoms with E-state index < -0.39 is 0 Å². The van der Waals surface area contributed by atoms with Gasteiger partial charge in [0.2, 0.25) is 11.8 Å². The first-order valence-corrected chi connectivity index (χ1v) is 10.4. The minimum atomic E-state index is -0.291. The van der Waals surface area contributed by atoms with Gasteiger partial charge in [0.25, 0.3) is 0 Å². The molecule has 2 fully saturated rings. The quantitative estimate of drug-likeness (QED) is 0.792. The third-order valence-electron chi connectivity index (χ3n) is 6.26. The molecule has 0 N–H and O–H groups in total. The van der Waals surface area contributed by atoms with Crippen LogP contribution in [0.2, 0.25) is 0 Å². The Morgan fingerprint density at radius 2 is 1.90 bits per heavy atom. The van der Waals surface area contributed by atoms with E-state index in [-0.39, 0.29) is 29.5 Å². The third kappa shape index (κ3) is 4.19. The molecule has 1 saturated carbocycles. The van der Waals surface area contributed by atoms with Gasteiger partial charge in [-0.2, -0.15) is 0 Å². The highest BCUT2D eigenvalue weighted by molar-refractivity contribution is 5.83. The predicted molar refractivity (Wildman–Crippen MR) is 111 cm³/mol. The second-order valence-corrected chi connectivity index (χ2v) is 8.24. The third-order valence-corrected chi connectivity index (χ3v) is 6.26. The Kier molecular flexibility index (Phi) is 5.65. The summed E-state index contributed by atoms with van der Waals surface area (Å²) in [6.45, 7) is 1.62. The summed E-state index contributed by atoms with van der Waals surface area (Å²) >= 11 is 0. The van der Waals surface area contributed by atoms with Crippen LogP contribution >= 0.6 is 0 Å². The van der Waals surface area contributed by atoms with Crippen molar-refractivity contribution < 1.29 is 14.0 Å². The zero-order valence-electron chi connectivity index (χ0n) is 16.8. The lowest BCUT2D eigenvalue weighted by Gasteiger charge is -2.32. The fourth-order valence-electron chi connectivity index (χ4n) is 4.29. The lowest BCUT2D eigenvalue weighted by Crippen LogP contribution is -2.42. The average molecular weight is 394 g/mol. The molecule has 0 aromatic heterocycles. The van der Waals surface area contributed by atoms with Crippen LogP contribution in [0.4, 0.5) is 4.39 Å². The second kappa shape index (κ2) is 8.36. The van der Waals surface area contributed by atoms with Crippen molar-refractivity contribution in [2.75, 3.05) is 26.7 Å². The van der Waals surface area contributed by atoms with Gasteiger partial charge < -0.3 is 9.80 Å². The molecular formula is C24H27FN2O2. The topological polar surface area (TPSA) is 40.6 Å². The number of carbonyl (C=O) groups excluding carboxylic acids is 2. The summed E-state index contributed by atoms with van der Waals surface area (Å²) < 4.78 is 13.8. The van der Waals surface area contributed by atoms with Gasteiger partial charge in [0, 0.05) is 32.6 Å². The zero-order chi connectivity index (χ0) is 20.4. The smallest absolute Gasteiger partial charge is 0.227 e. The largest absolute Gasteiger partial charge is 0.344 e. The summed E-state index contributed by atoms with van der Waals surface area (Å²) in [5, 5.41) is 0. The van der Waals surface area contributed by atoms with Crippen molar-refractivity contribution in [1.29, 1.82) is 0 Å². The van der Waals surface area contributed by atoms with E-state index in [1.807, 2.05) is 42.3 Å². The summed E-state index contributed by atoms with van der Waals surface area (Å²) in [6, 6.07) is 14.4. The number of hydrogen-bond donors (Lipinski definition) is 0. The molecule has 1 aliphatic heterocycles. The minimum Gasteiger partial charge on any atom is -0.344 e. The molecule has 152 valence electrons. The summed E-state index contributed by atoms with van der Waals surface area (Å²) in [5.41, 5.74) is 2.74. The number of amides is 2. The molecular weight excluding hydrogens is 367 g/mol. The number of carbonyl (C=O) groups is 2. The average Bonchev–Trinajstić information content (AvgIpc) is 2.81. The van der Waals surface area contributed by atoms with Gasteiger partial charge in [0.1, 0.15) is 5.82 Å². The van der Waals surface area contributed by atoms with E-state index in [4.69, 9.17) is 0 Å². The molecule has 2 aromatic rings. The Bertz CT molecular complexity index is 909. The number of hydrogen-bond acceptors (Lipinski definition) is 2. The van der Waals surface area contributed by atoms with Crippen LogP contribution in [0.15, 0.2) is 48.5 Å². The van der Waals surface area contributed by atoms with Crippen molar-refractivity contribution >= 4 is 11.8 Å². The van der Waals surface area contributed by atoms with E-state index in [1.165, 1.54) is 12.1 Å². The molecule has 2 amide bonds. The summed E-state index contributed by atoms with van der Waals surface area (Å²) in [5.74, 6) is -0.166. The Hall–Kier alpha value is -2.69. The van der Waals surface area contributed by atoms with E-state index in [0.717, 1.165) is 36.0 Å². The number of likely N-dealkylation sites (N-methyl/N-ethyl adjacent to an activating group) is 1. The van der Waals surface area contributed by atoms with Crippen LogP contribution in [0.5, 0.6) is 0 Å². The van der Waals surface area contributed by atoms with Crippen LogP contribution in [0.1, 0.15) is 24.8 Å². The minimum absolute atomic E-state index is 0.0722. The molecule has 0 bridgehead atoms. The van der Waals surface area contributed by atoms with Crippen molar-refractivity contribution in [3.63, 3.8) is 0 Å². The number of nitrogens with zero attached hydrogens (tertiary/aromatic N) is 2. The van der Waals surface area contributed by atoms with Gasteiger partial charge in [-0.05, 0) is 48.1 Å². The van der Waals surface area contributed by atoms with Crippen LogP contribution in [-0.4, -0.2) is 48.3 Å². The van der Waals surface area contributed by atoms with Gasteiger partial charge in [-0.15, -0.1) is 0 Å². The Balaban J connectivity index is 1.60. The van der Waals surface area contributed by atoms with Gasteiger partial charge in [-0.1, -0.05) is 42.8 Å². The first kappa shape index (κ1) is 19.6. The summed E-state index contributed by atoms with van der Waals surface area (Å²) in [6.07, 6.45) is 3.58. The molecule has 0 unspecified atom stereocenters. The SMILES string of the molecule is CN1CCN(C(=O)C2CCC2)C[C@@H](Cc2ccccc2-c2cccc(F)c2)C1=O. The Morgan fingerprint density at radius 3 is 2.62 bits per heavy atom. The Morgan fingerprint density at radius 1 is 1.10 bits per heavy atom. The molecule has 29 heavy (non-hydrogen) atoms. The van der Waals surface area contributed by atoms with E-state index in [1.54, 1.807) is 11.0 Å². The van der Waals surface area contributed by atoms with Gasteiger partial charge in [0.15, 0.2) is 0 Å². The van der Waals surface area contributed by atoms with Crippen molar-refractivity contribution in [3.8, 4) is 11.1 Å². The molecule has 4 nitrogen and oxygen atoms in total. The van der Waals surface area contributed by atoms with Crippen molar-refractivity contribution in [3.05, 3.63) is 59.9 Å². The van der Waals surface area contributed by atoms with Crippen molar-refractivity contribution in [1.82, 2.24) is 9.80 Å². The molecule has 0 radical (unpaired) electrons. The molecule has 0 spiro atoms. The van der Waals surface area contributed by atoms with Crippen molar-refractivity contribution in [2.45, 2.75) is 25.7 Å². The molecule has 1 heterocycles. The molecule has 2 aliphatic rings. The van der Waals surface area contributed by atoms with Gasteiger partial charge in [-0.3, -0.25) is 9.59 Å². The standard InChI is InChI=1S/C24H27FN2O2/c1-26-12-13-27(24(29)17-7-4-8-17)16-20(23(26)28)14-18-6-2-3-11-22(18)19-9-5-10-21(25)15-19/h2-3,5-6,9-11,15,17,20H,4,7-8,12-14,16H2,1H3/t20-/m1/s1. The van der Waals surface area contributed by atoms with Gasteiger partial charge in [0.05, 0.1) is 5.92 Å². The summed E-state index contributed by atoms with van der Waals surface area (Å²) in [7, 11) is 1.81. The van der Waals surface area contributed by atoms with Gasteiger partial charge >= 0.3 is 0 Å². The maximum Gasteiger partial charge on any atom is 0.227 e. The molecule has 4 rings (SSSR count). The van der Waals surface area contributed by atoms with Crippen LogP contribution in [0.25, 0.3) is 11.1 Å². The van der Waals surface area contributed by atoms with Crippen LogP contribution < -0.4 is 0 Å². The fourth-order valence-corrected chi connectivity index (χ4v) is 4.29. The lowest BCUT2D eigenvalue weighted by atomic mass is 9.84. The molecule has 1 atom stereocenters. The number of rotatable bonds is 4. The Labute approximate surface area is 171 Å². The molecule has 5 heteroatoms. The zero-order valence-corrected chi connectivity index (χ0v) is 16.8. The number of halogens is 1. The second-order valence-electron chi connectivity index (χ2n) is 8.24. The van der Waals surface area contributed by atoms with Crippen LogP contribution in [0.3, 0.4) is 0 Å². The molecule has 2 aromatic carbocycles. The van der Waals surface area contributed by atoms with E-state index in [0.29, 0.717) is 26.1 Å². The first-order valence-electron chi connectivity index (χ1n) is 10.4. The lowest BCUT2D eigenvalue weighted by molar-refractivity contribution is -0.138. The van der Waals surface area contributed by atoms with E-state index >= 15 is 0 Å². The number of benzene rings is 2. The monoisotopic (exact) mass is 394 g/mol. The van der Waals surface area contributed by atoms with Crippen LogP contribution in [0, 0.1) is 17.7 Å². The first-order chi connectivity index (χ1) is 14.0. The predicted octanol–water partition coefficient (Wildman–Crippen LogP) is 3.75. The maximum absolute atomic E-state index is 13.8. The summed E-state index contributed by atoms with van der Waals surface area (Å²) in [4.78, 5) is 29.5. The van der Waals surface area contributed by atoms with E-state index in [9.17, 15) is 14.0 Å². The highest BCUT2D eigenvalue weighted by Crippen LogP contribution is 2.31. The highest BCUT2D eigenvalue weighted by atomic mass is 19.1. The highest BCUT2D eigenvalue weighted by Gasteiger charge is 2.35. The van der Waals surface area contributed by atoms with E-state index in [2.05, 4.69) is 0 Å². The van der Waals surface area contributed by atoms with Gasteiger partial charge in [-0.25, -0.2) is 4.39 Å². The fraction of sp³-hybridized carbons (Fsp3) is 0.417. The van der Waals surface area contributed by atoms with Crippen LogP contribution in [-0.2, 0) is 16.0 Å². The molecule has 1 aliphatic carbocycles.